The van der Waals surface area contributed by atoms with Crippen LogP contribution in [0.3, 0.4) is 0 Å². The zero-order valence-electron chi connectivity index (χ0n) is 17.1. The Hall–Kier alpha value is -3.59. The quantitative estimate of drug-likeness (QED) is 0.557. The first-order chi connectivity index (χ1) is 15.2. The summed E-state index contributed by atoms with van der Waals surface area (Å²) in [5.41, 5.74) is 8.03. The number of pyridine rings is 2. The lowest BCUT2D eigenvalue weighted by atomic mass is 10.1. The molecule has 0 radical (unpaired) electrons. The average Bonchev–Trinajstić information content (AvgIpc) is 2.77. The SMILES string of the molecule is CC(=O)N(CC(F)F)c1ccc(-c2ccc(C(=O)NCc3ccc(N)nc3)cn2)cc1Cl. The number of nitrogens with one attached hydrogen (secondary N) is 1. The highest BCUT2D eigenvalue weighted by atomic mass is 35.5. The van der Waals surface area contributed by atoms with E-state index in [1.54, 1.807) is 36.5 Å². The van der Waals surface area contributed by atoms with Gasteiger partial charge < -0.3 is 16.0 Å². The van der Waals surface area contributed by atoms with Crippen molar-refractivity contribution in [2.24, 2.45) is 0 Å². The van der Waals surface area contributed by atoms with E-state index in [-0.39, 0.29) is 23.2 Å². The van der Waals surface area contributed by atoms with Gasteiger partial charge in [-0.15, -0.1) is 0 Å². The Bertz CT molecular complexity index is 1110. The fraction of sp³-hybridized carbons (Fsp3) is 0.182. The van der Waals surface area contributed by atoms with E-state index in [9.17, 15) is 18.4 Å². The lowest BCUT2D eigenvalue weighted by Gasteiger charge is -2.22. The van der Waals surface area contributed by atoms with Gasteiger partial charge in [0.05, 0.1) is 28.5 Å². The zero-order valence-corrected chi connectivity index (χ0v) is 17.8. The third-order valence-electron chi connectivity index (χ3n) is 4.56. The number of carbonyl (C=O) groups excluding carboxylic acids is 2. The molecule has 2 aromatic heterocycles. The fourth-order valence-electron chi connectivity index (χ4n) is 2.94. The summed E-state index contributed by atoms with van der Waals surface area (Å²) in [5, 5.41) is 2.91. The number of hydrogen-bond donors (Lipinski definition) is 2. The molecule has 0 bridgehead atoms. The van der Waals surface area contributed by atoms with Gasteiger partial charge in [-0.05, 0) is 35.9 Å². The summed E-state index contributed by atoms with van der Waals surface area (Å²) in [5.74, 6) is -0.447. The van der Waals surface area contributed by atoms with Crippen LogP contribution in [0.25, 0.3) is 11.3 Å². The molecule has 3 aromatic rings. The Morgan fingerprint density at radius 2 is 1.91 bits per heavy atom. The first kappa shape index (κ1) is 23.1. The van der Waals surface area contributed by atoms with Crippen molar-refractivity contribution in [3.8, 4) is 11.3 Å². The standard InChI is InChI=1S/C22H20ClF2N5O2/c1-13(31)30(12-20(24)25)19-6-4-15(8-17(19)23)18-5-3-16(11-27-18)22(32)29-10-14-2-7-21(26)28-9-14/h2-9,11,20H,10,12H2,1H3,(H2,26,28)(H,29,32). The minimum absolute atomic E-state index is 0.138. The van der Waals surface area contributed by atoms with Gasteiger partial charge in [0.1, 0.15) is 5.82 Å². The number of nitrogen functional groups attached to an aromatic ring is 1. The van der Waals surface area contributed by atoms with Crippen molar-refractivity contribution < 1.29 is 18.4 Å². The molecule has 0 aliphatic rings. The van der Waals surface area contributed by atoms with Gasteiger partial charge >= 0.3 is 0 Å². The maximum atomic E-state index is 12.8. The van der Waals surface area contributed by atoms with E-state index in [4.69, 9.17) is 17.3 Å². The molecule has 32 heavy (non-hydrogen) atoms. The average molecular weight is 460 g/mol. The number of hydrogen-bond acceptors (Lipinski definition) is 5. The highest BCUT2D eigenvalue weighted by Crippen LogP contribution is 2.31. The molecule has 0 aliphatic carbocycles. The summed E-state index contributed by atoms with van der Waals surface area (Å²) >= 11 is 6.25. The molecular formula is C22H20ClF2N5O2. The number of nitrogens with two attached hydrogens (primary N) is 1. The maximum Gasteiger partial charge on any atom is 0.256 e. The predicted molar refractivity (Wildman–Crippen MR) is 119 cm³/mol. The van der Waals surface area contributed by atoms with Gasteiger partial charge in [0.25, 0.3) is 12.3 Å². The number of amides is 2. The van der Waals surface area contributed by atoms with Crippen molar-refractivity contribution in [1.29, 1.82) is 0 Å². The van der Waals surface area contributed by atoms with Crippen molar-refractivity contribution >= 4 is 34.9 Å². The van der Waals surface area contributed by atoms with Crippen LogP contribution >= 0.6 is 11.6 Å². The smallest absolute Gasteiger partial charge is 0.256 e. The van der Waals surface area contributed by atoms with Crippen molar-refractivity contribution in [3.05, 3.63) is 71.0 Å². The van der Waals surface area contributed by atoms with Crippen LogP contribution in [-0.4, -0.2) is 34.8 Å². The topological polar surface area (TPSA) is 101 Å². The second-order valence-electron chi connectivity index (χ2n) is 6.89. The lowest BCUT2D eigenvalue weighted by molar-refractivity contribution is -0.117. The van der Waals surface area contributed by atoms with Gasteiger partial charge in [0.2, 0.25) is 5.91 Å². The van der Waals surface area contributed by atoms with Crippen molar-refractivity contribution in [2.75, 3.05) is 17.2 Å². The summed E-state index contributed by atoms with van der Waals surface area (Å²) in [4.78, 5) is 33.2. The molecule has 0 saturated heterocycles. The van der Waals surface area contributed by atoms with Gasteiger partial charge in [0.15, 0.2) is 0 Å². The third kappa shape index (κ3) is 5.76. The fourth-order valence-corrected chi connectivity index (χ4v) is 3.23. The highest BCUT2D eigenvalue weighted by Gasteiger charge is 2.20. The minimum Gasteiger partial charge on any atom is -0.384 e. The lowest BCUT2D eigenvalue weighted by Crippen LogP contribution is -2.33. The van der Waals surface area contributed by atoms with E-state index in [0.717, 1.165) is 10.5 Å². The molecule has 3 rings (SSSR count). The van der Waals surface area contributed by atoms with E-state index in [2.05, 4.69) is 15.3 Å². The summed E-state index contributed by atoms with van der Waals surface area (Å²) in [6.07, 6.45) is 0.317. The molecular weight excluding hydrogens is 440 g/mol. The molecule has 1 aromatic carbocycles. The number of halogens is 3. The highest BCUT2D eigenvalue weighted by molar-refractivity contribution is 6.34. The number of rotatable bonds is 7. The van der Waals surface area contributed by atoms with Crippen LogP contribution < -0.4 is 16.0 Å². The van der Waals surface area contributed by atoms with Crippen LogP contribution in [0.5, 0.6) is 0 Å². The van der Waals surface area contributed by atoms with E-state index in [0.29, 0.717) is 22.6 Å². The number of anilines is 2. The van der Waals surface area contributed by atoms with Crippen LogP contribution in [0.15, 0.2) is 54.9 Å². The third-order valence-corrected chi connectivity index (χ3v) is 4.86. The van der Waals surface area contributed by atoms with Gasteiger partial charge in [-0.25, -0.2) is 13.8 Å². The van der Waals surface area contributed by atoms with E-state index < -0.39 is 18.9 Å². The van der Waals surface area contributed by atoms with Gasteiger partial charge in [-0.1, -0.05) is 23.7 Å². The normalized spacial score (nSPS) is 10.8. The number of alkyl halides is 2. The zero-order chi connectivity index (χ0) is 23.3. The maximum absolute atomic E-state index is 12.8. The molecule has 0 atom stereocenters. The molecule has 7 nitrogen and oxygen atoms in total. The first-order valence-corrected chi connectivity index (χ1v) is 9.93. The summed E-state index contributed by atoms with van der Waals surface area (Å²) in [6, 6.07) is 11.3. The molecule has 0 spiro atoms. The molecule has 10 heteroatoms. The Labute approximate surface area is 188 Å². The summed E-state index contributed by atoms with van der Waals surface area (Å²) in [6.45, 7) is 0.737. The van der Waals surface area contributed by atoms with Crippen molar-refractivity contribution in [3.63, 3.8) is 0 Å². The van der Waals surface area contributed by atoms with E-state index in [1.807, 2.05) is 0 Å². The second kappa shape index (κ2) is 10.1. The molecule has 0 unspecified atom stereocenters. The number of benzene rings is 1. The van der Waals surface area contributed by atoms with Gasteiger partial charge in [0, 0.05) is 31.4 Å². The van der Waals surface area contributed by atoms with Crippen LogP contribution in [-0.2, 0) is 11.3 Å². The van der Waals surface area contributed by atoms with E-state index >= 15 is 0 Å². The Balaban J connectivity index is 1.71. The van der Waals surface area contributed by atoms with Crippen LogP contribution in [0.1, 0.15) is 22.8 Å². The molecule has 2 heterocycles. The Morgan fingerprint density at radius 3 is 2.47 bits per heavy atom. The number of aromatic nitrogens is 2. The minimum atomic E-state index is -2.69. The van der Waals surface area contributed by atoms with Crippen LogP contribution in [0, 0.1) is 0 Å². The first-order valence-electron chi connectivity index (χ1n) is 9.55. The van der Waals surface area contributed by atoms with Gasteiger partial charge in [-0.3, -0.25) is 14.6 Å². The molecule has 3 N–H and O–H groups in total. The van der Waals surface area contributed by atoms with Gasteiger partial charge in [-0.2, -0.15) is 0 Å². The molecule has 0 fully saturated rings. The monoisotopic (exact) mass is 459 g/mol. The Kier molecular flexibility index (Phi) is 7.32. The van der Waals surface area contributed by atoms with Crippen molar-refractivity contribution in [2.45, 2.75) is 19.9 Å². The molecule has 0 aliphatic heterocycles. The summed E-state index contributed by atoms with van der Waals surface area (Å²) in [7, 11) is 0. The number of nitrogens with zero attached hydrogens (tertiary/aromatic N) is 3. The largest absolute Gasteiger partial charge is 0.384 e. The second-order valence-corrected chi connectivity index (χ2v) is 7.30. The molecule has 0 saturated carbocycles. The Morgan fingerprint density at radius 1 is 1.12 bits per heavy atom. The molecule has 2 amide bonds. The molecule has 166 valence electrons. The predicted octanol–water partition coefficient (Wildman–Crippen LogP) is 3.93. The van der Waals surface area contributed by atoms with E-state index in [1.165, 1.54) is 25.3 Å². The van der Waals surface area contributed by atoms with Crippen LogP contribution in [0.4, 0.5) is 20.3 Å². The van der Waals surface area contributed by atoms with Crippen molar-refractivity contribution in [1.82, 2.24) is 15.3 Å². The summed E-state index contributed by atoms with van der Waals surface area (Å²) < 4.78 is 25.6. The van der Waals surface area contributed by atoms with Crippen LogP contribution in [0.2, 0.25) is 5.02 Å². The number of carbonyl (C=O) groups is 2.